The number of nitrogens with zero attached hydrogens (tertiary/aromatic N) is 1. The SMILES string of the molecule is CN(CCOc1ccc(-c2ccccc2F)cc1C(C)(C)C)CC(=O)OC(C)(C)C. The Morgan fingerprint density at radius 1 is 1.03 bits per heavy atom. The fourth-order valence-corrected chi connectivity index (χ4v) is 3.09. The summed E-state index contributed by atoms with van der Waals surface area (Å²) >= 11 is 0. The Morgan fingerprint density at radius 3 is 2.30 bits per heavy atom. The summed E-state index contributed by atoms with van der Waals surface area (Å²) in [6.07, 6.45) is 0. The van der Waals surface area contributed by atoms with E-state index in [9.17, 15) is 9.18 Å². The Labute approximate surface area is 180 Å². The lowest BCUT2D eigenvalue weighted by Crippen LogP contribution is -2.34. The van der Waals surface area contributed by atoms with E-state index >= 15 is 0 Å². The minimum absolute atomic E-state index is 0.168. The lowest BCUT2D eigenvalue weighted by Gasteiger charge is -2.25. The summed E-state index contributed by atoms with van der Waals surface area (Å²) in [6, 6.07) is 12.6. The summed E-state index contributed by atoms with van der Waals surface area (Å²) in [7, 11) is 1.86. The van der Waals surface area contributed by atoms with Crippen molar-refractivity contribution in [1.82, 2.24) is 4.90 Å². The number of carbonyl (C=O) groups excluding carboxylic acids is 1. The third-order valence-electron chi connectivity index (χ3n) is 4.52. The Hall–Kier alpha value is -2.40. The zero-order chi connectivity index (χ0) is 22.5. The second-order valence-electron chi connectivity index (χ2n) is 9.61. The molecule has 0 aromatic heterocycles. The highest BCUT2D eigenvalue weighted by molar-refractivity contribution is 5.72. The van der Waals surface area contributed by atoms with Gasteiger partial charge in [0.05, 0.1) is 6.54 Å². The average molecular weight is 416 g/mol. The third kappa shape index (κ3) is 7.13. The summed E-state index contributed by atoms with van der Waals surface area (Å²) < 4.78 is 25.6. The van der Waals surface area contributed by atoms with Crippen molar-refractivity contribution in [3.8, 4) is 16.9 Å². The first-order valence-corrected chi connectivity index (χ1v) is 10.3. The zero-order valence-corrected chi connectivity index (χ0v) is 19.2. The number of carbonyl (C=O) groups is 1. The van der Waals surface area contributed by atoms with Crippen LogP contribution in [0.15, 0.2) is 42.5 Å². The first-order chi connectivity index (χ1) is 13.9. The van der Waals surface area contributed by atoms with Crippen molar-refractivity contribution < 1.29 is 18.7 Å². The van der Waals surface area contributed by atoms with Gasteiger partial charge in [-0.05, 0) is 57.0 Å². The van der Waals surface area contributed by atoms with Crippen LogP contribution in [-0.4, -0.2) is 43.2 Å². The van der Waals surface area contributed by atoms with Crippen LogP contribution < -0.4 is 4.74 Å². The molecule has 0 radical (unpaired) electrons. The maximum Gasteiger partial charge on any atom is 0.320 e. The van der Waals surface area contributed by atoms with E-state index in [0.29, 0.717) is 18.7 Å². The van der Waals surface area contributed by atoms with Crippen molar-refractivity contribution in [3.63, 3.8) is 0 Å². The molecule has 0 bridgehead atoms. The van der Waals surface area contributed by atoms with Gasteiger partial charge in [-0.1, -0.05) is 45.0 Å². The van der Waals surface area contributed by atoms with Crippen LogP contribution in [0.5, 0.6) is 5.75 Å². The van der Waals surface area contributed by atoms with E-state index in [1.54, 1.807) is 12.1 Å². The van der Waals surface area contributed by atoms with E-state index < -0.39 is 5.60 Å². The summed E-state index contributed by atoms with van der Waals surface area (Å²) in [5, 5.41) is 0. The maximum atomic E-state index is 14.2. The topological polar surface area (TPSA) is 38.8 Å². The van der Waals surface area contributed by atoms with E-state index in [-0.39, 0.29) is 23.7 Å². The van der Waals surface area contributed by atoms with Crippen molar-refractivity contribution in [2.75, 3.05) is 26.7 Å². The molecule has 0 unspecified atom stereocenters. The minimum Gasteiger partial charge on any atom is -0.492 e. The molecule has 0 aliphatic rings. The van der Waals surface area contributed by atoms with Crippen molar-refractivity contribution in [2.45, 2.75) is 52.6 Å². The normalized spacial score (nSPS) is 12.2. The molecule has 5 heteroatoms. The average Bonchev–Trinajstić information content (AvgIpc) is 2.60. The quantitative estimate of drug-likeness (QED) is 0.564. The van der Waals surface area contributed by atoms with Crippen LogP contribution >= 0.6 is 0 Å². The molecule has 0 heterocycles. The standard InChI is InChI=1S/C25H34FNO3/c1-24(2,3)20-16-18(19-10-8-9-11-21(19)26)12-13-22(20)29-15-14-27(7)17-23(28)30-25(4,5)6/h8-13,16H,14-15,17H2,1-7H3. The van der Waals surface area contributed by atoms with Gasteiger partial charge in [-0.15, -0.1) is 0 Å². The smallest absolute Gasteiger partial charge is 0.320 e. The number of ether oxygens (including phenoxy) is 2. The summed E-state index contributed by atoms with van der Waals surface area (Å²) in [5.41, 5.74) is 1.76. The predicted molar refractivity (Wildman–Crippen MR) is 119 cm³/mol. The highest BCUT2D eigenvalue weighted by Gasteiger charge is 2.21. The van der Waals surface area contributed by atoms with Gasteiger partial charge in [0, 0.05) is 17.7 Å². The maximum absolute atomic E-state index is 14.2. The van der Waals surface area contributed by atoms with Crippen LogP contribution in [0, 0.1) is 5.82 Å². The predicted octanol–water partition coefficient (Wildman–Crippen LogP) is 5.44. The molecule has 164 valence electrons. The molecule has 0 aliphatic carbocycles. The number of hydrogen-bond acceptors (Lipinski definition) is 4. The monoisotopic (exact) mass is 415 g/mol. The van der Waals surface area contributed by atoms with E-state index in [1.165, 1.54) is 6.07 Å². The van der Waals surface area contributed by atoms with Crippen molar-refractivity contribution >= 4 is 5.97 Å². The molecule has 0 atom stereocenters. The van der Waals surface area contributed by atoms with Crippen molar-refractivity contribution in [1.29, 1.82) is 0 Å². The molecule has 0 spiro atoms. The van der Waals surface area contributed by atoms with Gasteiger partial charge in [0.2, 0.25) is 0 Å². The molecule has 2 rings (SSSR count). The largest absolute Gasteiger partial charge is 0.492 e. The van der Waals surface area contributed by atoms with Crippen LogP contribution in [0.25, 0.3) is 11.1 Å². The van der Waals surface area contributed by atoms with Crippen LogP contribution in [0.2, 0.25) is 0 Å². The molecule has 2 aromatic rings. The summed E-state index contributed by atoms with van der Waals surface area (Å²) in [6.45, 7) is 13.1. The molecule has 0 N–H and O–H groups in total. The van der Waals surface area contributed by atoms with E-state index in [1.807, 2.05) is 57.0 Å². The molecular weight excluding hydrogens is 381 g/mol. The third-order valence-corrected chi connectivity index (χ3v) is 4.52. The van der Waals surface area contributed by atoms with Gasteiger partial charge >= 0.3 is 5.97 Å². The van der Waals surface area contributed by atoms with Crippen LogP contribution in [0.3, 0.4) is 0 Å². The molecule has 30 heavy (non-hydrogen) atoms. The Kier molecular flexibility index (Phi) is 7.64. The molecule has 0 amide bonds. The van der Waals surface area contributed by atoms with E-state index in [4.69, 9.17) is 9.47 Å². The lowest BCUT2D eigenvalue weighted by atomic mass is 9.84. The van der Waals surface area contributed by atoms with Gasteiger partial charge in [0.1, 0.15) is 23.8 Å². The highest BCUT2D eigenvalue weighted by Crippen LogP contribution is 2.35. The molecule has 0 saturated carbocycles. The van der Waals surface area contributed by atoms with Crippen LogP contribution in [-0.2, 0) is 14.9 Å². The number of likely N-dealkylation sites (N-methyl/N-ethyl adjacent to an activating group) is 1. The van der Waals surface area contributed by atoms with Gasteiger partial charge in [-0.3, -0.25) is 9.69 Å². The zero-order valence-electron chi connectivity index (χ0n) is 19.2. The van der Waals surface area contributed by atoms with Gasteiger partial charge in [0.15, 0.2) is 0 Å². The number of esters is 1. The number of rotatable bonds is 7. The second-order valence-corrected chi connectivity index (χ2v) is 9.61. The minimum atomic E-state index is -0.490. The first-order valence-electron chi connectivity index (χ1n) is 10.3. The van der Waals surface area contributed by atoms with E-state index in [0.717, 1.165) is 16.9 Å². The first kappa shape index (κ1) is 23.9. The van der Waals surface area contributed by atoms with Crippen LogP contribution in [0.4, 0.5) is 4.39 Å². The fourth-order valence-electron chi connectivity index (χ4n) is 3.09. The fraction of sp³-hybridized carbons (Fsp3) is 0.480. The van der Waals surface area contributed by atoms with Crippen LogP contribution in [0.1, 0.15) is 47.1 Å². The van der Waals surface area contributed by atoms with Gasteiger partial charge < -0.3 is 9.47 Å². The van der Waals surface area contributed by atoms with E-state index in [2.05, 4.69) is 20.8 Å². The Balaban J connectivity index is 2.07. The molecule has 0 aliphatic heterocycles. The van der Waals surface area contributed by atoms with Crippen molar-refractivity contribution in [3.05, 3.63) is 53.8 Å². The number of halogens is 1. The molecule has 0 fully saturated rings. The van der Waals surface area contributed by atoms with Gasteiger partial charge in [-0.25, -0.2) is 4.39 Å². The van der Waals surface area contributed by atoms with Gasteiger partial charge in [-0.2, -0.15) is 0 Å². The Bertz CT molecular complexity index is 865. The number of hydrogen-bond donors (Lipinski definition) is 0. The number of benzene rings is 2. The lowest BCUT2D eigenvalue weighted by molar-refractivity contribution is -0.155. The van der Waals surface area contributed by atoms with Gasteiger partial charge in [0.25, 0.3) is 0 Å². The Morgan fingerprint density at radius 2 is 1.70 bits per heavy atom. The highest BCUT2D eigenvalue weighted by atomic mass is 19.1. The molecule has 2 aromatic carbocycles. The molecule has 0 saturated heterocycles. The summed E-state index contributed by atoms with van der Waals surface area (Å²) in [5.74, 6) is 0.276. The molecular formula is C25H34FNO3. The molecule has 4 nitrogen and oxygen atoms in total. The second kappa shape index (κ2) is 9.61. The van der Waals surface area contributed by atoms with Crippen molar-refractivity contribution in [2.24, 2.45) is 0 Å². The summed E-state index contributed by atoms with van der Waals surface area (Å²) in [4.78, 5) is 13.8.